The Morgan fingerprint density at radius 3 is 2.79 bits per heavy atom. The molecule has 8 heteroatoms. The van der Waals surface area contributed by atoms with Crippen molar-refractivity contribution < 1.29 is 24.2 Å². The highest BCUT2D eigenvalue weighted by atomic mass is 19.1. The third kappa shape index (κ3) is 2.22. The number of carbonyl (C=O) groups is 1. The molecule has 24 heavy (non-hydrogen) atoms. The van der Waals surface area contributed by atoms with Gasteiger partial charge in [-0.3, -0.25) is 14.4 Å². The van der Waals surface area contributed by atoms with Crippen molar-refractivity contribution in [3.8, 4) is 0 Å². The second-order valence-electron chi connectivity index (χ2n) is 6.14. The van der Waals surface area contributed by atoms with Gasteiger partial charge in [0, 0.05) is 17.0 Å². The van der Waals surface area contributed by atoms with E-state index >= 15 is 0 Å². The molecule has 2 saturated heterocycles. The molecule has 0 unspecified atom stereocenters. The van der Waals surface area contributed by atoms with Gasteiger partial charge in [-0.25, -0.2) is 9.45 Å². The van der Waals surface area contributed by atoms with Crippen LogP contribution in [0.4, 0.5) is 4.39 Å². The number of hydrogen-bond donors (Lipinski definition) is 3. The summed E-state index contributed by atoms with van der Waals surface area (Å²) in [4.78, 5) is 32.7. The predicted molar refractivity (Wildman–Crippen MR) is 80.6 cm³/mol. The van der Waals surface area contributed by atoms with Crippen LogP contribution in [0.2, 0.25) is 0 Å². The van der Waals surface area contributed by atoms with Crippen LogP contribution in [0.1, 0.15) is 23.2 Å². The summed E-state index contributed by atoms with van der Waals surface area (Å²) in [6.07, 6.45) is -1.85. The molecule has 2 bridgehead atoms. The summed E-state index contributed by atoms with van der Waals surface area (Å²) in [6.45, 7) is 0. The number of aromatic amines is 1. The normalized spacial score (nSPS) is 29.2. The molecule has 0 radical (unpaired) electrons. The van der Waals surface area contributed by atoms with Crippen molar-refractivity contribution in [2.75, 3.05) is 0 Å². The largest absolute Gasteiger partial charge is 0.388 e. The Hall–Kier alpha value is -2.29. The molecular weight excluding hydrogens is 319 g/mol. The number of aliphatic hydroxyl groups is 2. The number of rotatable bonds is 1. The molecule has 2 aliphatic heterocycles. The molecule has 3 N–H and O–H groups in total. The minimum absolute atomic E-state index is 0.0116. The molecule has 7 nitrogen and oxygen atoms in total. The van der Waals surface area contributed by atoms with Crippen LogP contribution >= 0.6 is 0 Å². The average molecular weight is 334 g/mol. The zero-order valence-corrected chi connectivity index (χ0v) is 12.5. The fourth-order valence-electron chi connectivity index (χ4n) is 3.44. The topological polar surface area (TPSA) is 103 Å². The summed E-state index contributed by atoms with van der Waals surface area (Å²) in [7, 11) is 0. The maximum absolute atomic E-state index is 13.6. The minimum Gasteiger partial charge on any atom is -0.388 e. The fraction of sp³-hybridized carbons (Fsp3) is 0.375. The lowest BCUT2D eigenvalue weighted by Crippen LogP contribution is -2.65. The average Bonchev–Trinajstić information content (AvgIpc) is 2.58. The van der Waals surface area contributed by atoms with Gasteiger partial charge in [-0.15, -0.1) is 0 Å². The van der Waals surface area contributed by atoms with E-state index in [-0.39, 0.29) is 10.9 Å². The molecule has 126 valence electrons. The molecule has 4 atom stereocenters. The van der Waals surface area contributed by atoms with Gasteiger partial charge in [-0.05, 0) is 31.0 Å². The summed E-state index contributed by atoms with van der Waals surface area (Å²) in [5.41, 5.74) is -0.183. The lowest BCUT2D eigenvalue weighted by molar-refractivity contribution is -0.306. The fourth-order valence-corrected chi connectivity index (χ4v) is 3.44. The number of fused-ring (bicyclic) bond motifs is 4. The second-order valence-corrected chi connectivity index (χ2v) is 6.14. The van der Waals surface area contributed by atoms with Crippen molar-refractivity contribution in [1.82, 2.24) is 10.0 Å². The van der Waals surface area contributed by atoms with E-state index < -0.39 is 41.6 Å². The van der Waals surface area contributed by atoms with Gasteiger partial charge in [-0.2, -0.15) is 0 Å². The zero-order valence-electron chi connectivity index (χ0n) is 12.5. The van der Waals surface area contributed by atoms with E-state index in [4.69, 9.17) is 4.84 Å². The van der Waals surface area contributed by atoms with Gasteiger partial charge in [0.2, 0.25) is 5.56 Å². The number of H-pyrrole nitrogens is 1. The molecule has 1 aromatic heterocycles. The number of hydroxylamine groups is 2. The second kappa shape index (κ2) is 5.37. The molecule has 3 aliphatic rings. The van der Waals surface area contributed by atoms with Gasteiger partial charge in [0.05, 0.1) is 11.6 Å². The van der Waals surface area contributed by atoms with Crippen LogP contribution < -0.4 is 5.56 Å². The quantitative estimate of drug-likeness (QED) is 0.696. The molecule has 3 heterocycles. The minimum atomic E-state index is -1.12. The molecule has 1 amide bonds. The number of amides is 1. The van der Waals surface area contributed by atoms with Crippen LogP contribution in [-0.4, -0.2) is 50.5 Å². The van der Waals surface area contributed by atoms with Crippen molar-refractivity contribution in [2.24, 2.45) is 0 Å². The summed E-state index contributed by atoms with van der Waals surface area (Å²) in [6, 6.07) is 4.10. The van der Waals surface area contributed by atoms with Gasteiger partial charge in [0.1, 0.15) is 24.1 Å². The Morgan fingerprint density at radius 2 is 2.04 bits per heavy atom. The van der Waals surface area contributed by atoms with Crippen LogP contribution in [-0.2, 0) is 4.84 Å². The highest BCUT2D eigenvalue weighted by Gasteiger charge is 2.50. The predicted octanol–water partition coefficient (Wildman–Crippen LogP) is 0.307. The van der Waals surface area contributed by atoms with Crippen molar-refractivity contribution >= 4 is 16.8 Å². The van der Waals surface area contributed by atoms with Gasteiger partial charge in [0.25, 0.3) is 5.91 Å². The summed E-state index contributed by atoms with van der Waals surface area (Å²) < 4.78 is 13.6. The van der Waals surface area contributed by atoms with Gasteiger partial charge >= 0.3 is 0 Å². The Labute approximate surface area is 135 Å². The number of nitrogens with zero attached hydrogens (tertiary/aromatic N) is 1. The summed E-state index contributed by atoms with van der Waals surface area (Å²) in [5, 5.41) is 21.2. The standard InChI is InChI=1S/C16H15FN2O5/c17-7-1-2-10-8(5-7)9(6-13(20)18-10)16(23)19-11-3-4-12(24-19)15(22)14(11)21/h1-2,5-6,11-12,14-15,21-22H,3-4H2,(H,18,20)/t11-,12+,14+,15-/m0/s1. The van der Waals surface area contributed by atoms with Crippen LogP contribution in [0.5, 0.6) is 0 Å². The van der Waals surface area contributed by atoms with E-state index in [1.807, 2.05) is 0 Å². The molecule has 0 spiro atoms. The van der Waals surface area contributed by atoms with Gasteiger partial charge in [0.15, 0.2) is 0 Å². The number of nitrogens with one attached hydrogen (secondary N) is 1. The highest BCUT2D eigenvalue weighted by Crippen LogP contribution is 2.35. The number of hydrogen-bond acceptors (Lipinski definition) is 5. The van der Waals surface area contributed by atoms with E-state index in [0.717, 1.165) is 17.2 Å². The summed E-state index contributed by atoms with van der Waals surface area (Å²) >= 11 is 0. The Balaban J connectivity index is 1.79. The van der Waals surface area contributed by atoms with E-state index in [0.29, 0.717) is 18.4 Å². The number of carbonyl (C=O) groups excluding carboxylic acids is 1. The van der Waals surface area contributed by atoms with Crippen molar-refractivity contribution in [3.63, 3.8) is 0 Å². The zero-order chi connectivity index (χ0) is 17.0. The van der Waals surface area contributed by atoms with Crippen molar-refractivity contribution in [2.45, 2.75) is 37.2 Å². The number of aliphatic hydroxyl groups excluding tert-OH is 2. The molecule has 5 rings (SSSR count). The highest BCUT2D eigenvalue weighted by molar-refractivity contribution is 6.05. The third-order valence-corrected chi connectivity index (χ3v) is 4.66. The van der Waals surface area contributed by atoms with Crippen LogP contribution in [0.25, 0.3) is 10.9 Å². The molecule has 1 aromatic carbocycles. The number of pyridine rings is 1. The summed E-state index contributed by atoms with van der Waals surface area (Å²) in [5.74, 6) is -1.18. The maximum Gasteiger partial charge on any atom is 0.278 e. The first-order valence-corrected chi connectivity index (χ1v) is 7.65. The lowest BCUT2D eigenvalue weighted by atomic mass is 9.85. The number of benzene rings is 1. The third-order valence-electron chi connectivity index (χ3n) is 4.66. The molecular formula is C16H15FN2O5. The Kier molecular flexibility index (Phi) is 3.41. The first kappa shape index (κ1) is 15.3. The number of halogens is 1. The van der Waals surface area contributed by atoms with E-state index in [1.54, 1.807) is 0 Å². The van der Waals surface area contributed by atoms with Crippen LogP contribution in [0.3, 0.4) is 0 Å². The van der Waals surface area contributed by atoms with E-state index in [1.165, 1.54) is 12.1 Å². The van der Waals surface area contributed by atoms with Crippen LogP contribution in [0, 0.1) is 5.82 Å². The van der Waals surface area contributed by atoms with Crippen molar-refractivity contribution in [3.05, 3.63) is 46.0 Å². The Bertz CT molecular complexity index is 880. The molecule has 2 aromatic rings. The Morgan fingerprint density at radius 1 is 1.25 bits per heavy atom. The van der Waals surface area contributed by atoms with Gasteiger partial charge < -0.3 is 15.2 Å². The SMILES string of the molecule is O=C(c1cc(=O)[nH]c2ccc(F)cc12)N1O[C@@H]2CC[C@H]1[C@@H](O)[C@H]2O. The van der Waals surface area contributed by atoms with E-state index in [9.17, 15) is 24.2 Å². The van der Waals surface area contributed by atoms with E-state index in [2.05, 4.69) is 4.98 Å². The van der Waals surface area contributed by atoms with Crippen LogP contribution in [0.15, 0.2) is 29.1 Å². The monoisotopic (exact) mass is 334 g/mol. The molecule has 3 fully saturated rings. The lowest BCUT2D eigenvalue weighted by Gasteiger charge is -2.49. The smallest absolute Gasteiger partial charge is 0.278 e. The number of aromatic nitrogens is 1. The van der Waals surface area contributed by atoms with Gasteiger partial charge in [-0.1, -0.05) is 0 Å². The first-order valence-electron chi connectivity index (χ1n) is 7.65. The molecule has 1 saturated carbocycles. The van der Waals surface area contributed by atoms with Crippen molar-refractivity contribution in [1.29, 1.82) is 0 Å². The first-order chi connectivity index (χ1) is 11.5. The molecule has 1 aliphatic carbocycles. The maximum atomic E-state index is 13.6.